The predicted octanol–water partition coefficient (Wildman–Crippen LogP) is 1.91. The molecule has 1 aliphatic carbocycles. The molecule has 1 heterocycles. The van der Waals surface area contributed by atoms with Gasteiger partial charge < -0.3 is 15.4 Å². The molecule has 1 unspecified atom stereocenters. The Balaban J connectivity index is 1.92. The molecule has 0 spiro atoms. The van der Waals surface area contributed by atoms with Crippen molar-refractivity contribution in [1.82, 2.24) is 20.4 Å². The summed E-state index contributed by atoms with van der Waals surface area (Å²) in [6.07, 6.45) is 5.32. The van der Waals surface area contributed by atoms with Crippen molar-refractivity contribution in [3.8, 4) is 0 Å². The molecule has 23 heavy (non-hydrogen) atoms. The van der Waals surface area contributed by atoms with Gasteiger partial charge in [0.15, 0.2) is 5.96 Å². The number of aromatic nitrogens is 2. The zero-order valence-corrected chi connectivity index (χ0v) is 15.3. The lowest BCUT2D eigenvalue weighted by Gasteiger charge is -2.27. The highest BCUT2D eigenvalue weighted by atomic mass is 16.5. The molecule has 2 N–H and O–H groups in total. The van der Waals surface area contributed by atoms with E-state index in [4.69, 9.17) is 9.84 Å². The van der Waals surface area contributed by atoms with Crippen LogP contribution in [0.5, 0.6) is 0 Å². The Morgan fingerprint density at radius 2 is 2.26 bits per heavy atom. The van der Waals surface area contributed by atoms with Crippen molar-refractivity contribution in [1.29, 1.82) is 0 Å². The van der Waals surface area contributed by atoms with Crippen molar-refractivity contribution in [3.63, 3.8) is 0 Å². The Hall–Kier alpha value is -1.56. The van der Waals surface area contributed by atoms with E-state index in [-0.39, 0.29) is 5.60 Å². The molecule has 1 aromatic heterocycles. The third kappa shape index (κ3) is 4.70. The quantitative estimate of drug-likeness (QED) is 0.642. The fourth-order valence-electron chi connectivity index (χ4n) is 2.66. The minimum atomic E-state index is -0.215. The highest BCUT2D eigenvalue weighted by Crippen LogP contribution is 2.21. The number of methoxy groups -OCH3 is 1. The summed E-state index contributed by atoms with van der Waals surface area (Å²) in [5.41, 5.74) is 2.39. The maximum atomic E-state index is 5.44. The van der Waals surface area contributed by atoms with Crippen LogP contribution in [-0.4, -0.2) is 48.1 Å². The average molecular weight is 321 g/mol. The van der Waals surface area contributed by atoms with Crippen LogP contribution in [0.4, 0.5) is 0 Å². The van der Waals surface area contributed by atoms with E-state index < -0.39 is 0 Å². The summed E-state index contributed by atoms with van der Waals surface area (Å²) in [6.45, 7) is 9.15. The number of ether oxygens (including phenoxy) is 1. The van der Waals surface area contributed by atoms with E-state index in [0.29, 0.717) is 18.6 Å². The lowest BCUT2D eigenvalue weighted by atomic mass is 9.94. The lowest BCUT2D eigenvalue weighted by molar-refractivity contribution is 0.0268. The van der Waals surface area contributed by atoms with Gasteiger partial charge in [0.25, 0.3) is 0 Å². The highest BCUT2D eigenvalue weighted by molar-refractivity contribution is 5.80. The van der Waals surface area contributed by atoms with E-state index in [1.807, 2.05) is 0 Å². The molecule has 1 atom stereocenters. The second kappa shape index (κ2) is 7.34. The number of fused-ring (bicyclic) bond motifs is 1. The monoisotopic (exact) mass is 321 g/mol. The van der Waals surface area contributed by atoms with Crippen LogP contribution in [0.15, 0.2) is 11.2 Å². The number of nitrogens with one attached hydrogen (secondary N) is 2. The van der Waals surface area contributed by atoms with Crippen LogP contribution in [0.2, 0.25) is 0 Å². The summed E-state index contributed by atoms with van der Waals surface area (Å²) in [4.78, 5) is 4.32. The topological polar surface area (TPSA) is 63.5 Å². The second-order valence-electron chi connectivity index (χ2n) is 7.15. The molecule has 0 fully saturated rings. The summed E-state index contributed by atoms with van der Waals surface area (Å²) in [5, 5.41) is 11.6. The molecule has 6 nitrogen and oxygen atoms in total. The molecule has 0 aromatic carbocycles. The standard InChI is InChI=1S/C17H31N5O/c1-12(2)22-10-13-7-8-14(9-15(13)21-22)20-16(18-5)19-11-17(3,4)23-6/h10,12,14H,7-9,11H2,1-6H3,(H2,18,19,20). The van der Waals surface area contributed by atoms with Crippen molar-refractivity contribution >= 4 is 5.96 Å². The average Bonchev–Trinajstić information content (AvgIpc) is 2.95. The number of aliphatic imine (C=N–C) groups is 1. The third-order valence-electron chi connectivity index (χ3n) is 4.42. The Morgan fingerprint density at radius 1 is 1.52 bits per heavy atom. The van der Waals surface area contributed by atoms with Crippen LogP contribution in [0.1, 0.15) is 51.4 Å². The first kappa shape index (κ1) is 17.8. The van der Waals surface area contributed by atoms with Crippen LogP contribution in [0.25, 0.3) is 0 Å². The van der Waals surface area contributed by atoms with Crippen LogP contribution in [0.3, 0.4) is 0 Å². The number of hydrogen-bond acceptors (Lipinski definition) is 3. The first-order valence-corrected chi connectivity index (χ1v) is 8.44. The van der Waals surface area contributed by atoms with E-state index in [1.54, 1.807) is 14.2 Å². The van der Waals surface area contributed by atoms with Gasteiger partial charge in [0, 0.05) is 45.4 Å². The summed E-state index contributed by atoms with van der Waals surface area (Å²) in [7, 11) is 3.53. The van der Waals surface area contributed by atoms with E-state index in [9.17, 15) is 0 Å². The smallest absolute Gasteiger partial charge is 0.191 e. The molecule has 2 rings (SSSR count). The van der Waals surface area contributed by atoms with Crippen molar-refractivity contribution in [3.05, 3.63) is 17.5 Å². The molecule has 1 aliphatic rings. The van der Waals surface area contributed by atoms with Crippen molar-refractivity contribution in [2.75, 3.05) is 20.7 Å². The van der Waals surface area contributed by atoms with Crippen LogP contribution < -0.4 is 10.6 Å². The fourth-order valence-corrected chi connectivity index (χ4v) is 2.66. The first-order chi connectivity index (χ1) is 10.8. The highest BCUT2D eigenvalue weighted by Gasteiger charge is 2.23. The second-order valence-corrected chi connectivity index (χ2v) is 7.15. The molecule has 0 saturated carbocycles. The van der Waals surface area contributed by atoms with E-state index >= 15 is 0 Å². The molecule has 0 radical (unpaired) electrons. The number of rotatable bonds is 5. The van der Waals surface area contributed by atoms with Crippen LogP contribution in [0, 0.1) is 0 Å². The van der Waals surface area contributed by atoms with Gasteiger partial charge in [-0.3, -0.25) is 9.67 Å². The summed E-state index contributed by atoms with van der Waals surface area (Å²) in [6, 6.07) is 0.785. The Labute approximate surface area is 139 Å². The van der Waals surface area contributed by atoms with Crippen LogP contribution in [-0.2, 0) is 17.6 Å². The number of hydrogen-bond donors (Lipinski definition) is 2. The van der Waals surface area contributed by atoms with Gasteiger partial charge in [-0.25, -0.2) is 0 Å². The molecular formula is C17H31N5O. The summed E-state index contributed by atoms with van der Waals surface area (Å²) < 4.78 is 7.51. The van der Waals surface area contributed by atoms with E-state index in [0.717, 1.165) is 25.2 Å². The molecule has 130 valence electrons. The SMILES string of the molecule is CN=C(NCC(C)(C)OC)NC1CCc2cn(C(C)C)nc2C1. The molecule has 0 aliphatic heterocycles. The third-order valence-corrected chi connectivity index (χ3v) is 4.42. The Bertz CT molecular complexity index is 547. The van der Waals surface area contributed by atoms with E-state index in [2.05, 4.69) is 54.2 Å². The van der Waals surface area contributed by atoms with Crippen molar-refractivity contribution in [2.24, 2.45) is 4.99 Å². The zero-order valence-electron chi connectivity index (χ0n) is 15.3. The fraction of sp³-hybridized carbons (Fsp3) is 0.765. The predicted molar refractivity (Wildman–Crippen MR) is 94.0 cm³/mol. The zero-order chi connectivity index (χ0) is 17.0. The number of nitrogens with zero attached hydrogens (tertiary/aromatic N) is 3. The maximum absolute atomic E-state index is 5.44. The number of aryl methyl sites for hydroxylation is 1. The molecule has 0 amide bonds. The Kier molecular flexibility index (Phi) is 5.68. The molecule has 6 heteroatoms. The minimum Gasteiger partial charge on any atom is -0.377 e. The number of guanidine groups is 1. The van der Waals surface area contributed by atoms with Gasteiger partial charge in [0.1, 0.15) is 0 Å². The van der Waals surface area contributed by atoms with Gasteiger partial charge in [-0.1, -0.05) is 0 Å². The van der Waals surface area contributed by atoms with E-state index in [1.165, 1.54) is 11.3 Å². The maximum Gasteiger partial charge on any atom is 0.191 e. The minimum absolute atomic E-state index is 0.215. The van der Waals surface area contributed by atoms with Gasteiger partial charge in [-0.15, -0.1) is 0 Å². The van der Waals surface area contributed by atoms with Crippen molar-refractivity contribution in [2.45, 2.75) is 64.6 Å². The van der Waals surface area contributed by atoms with Gasteiger partial charge in [0.2, 0.25) is 0 Å². The first-order valence-electron chi connectivity index (χ1n) is 8.44. The van der Waals surface area contributed by atoms with Crippen molar-refractivity contribution < 1.29 is 4.74 Å². The van der Waals surface area contributed by atoms with Gasteiger partial charge in [-0.2, -0.15) is 5.10 Å². The molecule has 0 saturated heterocycles. The van der Waals surface area contributed by atoms with Gasteiger partial charge in [0.05, 0.1) is 11.3 Å². The van der Waals surface area contributed by atoms with Gasteiger partial charge in [-0.05, 0) is 46.1 Å². The Morgan fingerprint density at radius 3 is 2.87 bits per heavy atom. The normalized spacial score (nSPS) is 18.9. The summed E-state index contributed by atoms with van der Waals surface area (Å²) in [5.74, 6) is 0.826. The lowest BCUT2D eigenvalue weighted by Crippen LogP contribution is -2.49. The summed E-state index contributed by atoms with van der Waals surface area (Å²) >= 11 is 0. The molecular weight excluding hydrogens is 290 g/mol. The largest absolute Gasteiger partial charge is 0.377 e. The van der Waals surface area contributed by atoms with Gasteiger partial charge >= 0.3 is 0 Å². The van der Waals surface area contributed by atoms with Crippen LogP contribution >= 0.6 is 0 Å². The molecule has 0 bridgehead atoms. The molecule has 1 aromatic rings.